The third-order valence-corrected chi connectivity index (χ3v) is 5.78. The Morgan fingerprint density at radius 3 is 2.53 bits per heavy atom. The molecule has 2 amide bonds. The molecule has 2 aromatic carbocycles. The second kappa shape index (κ2) is 9.44. The fraction of sp³-hybridized carbons (Fsp3) is 0.292. The van der Waals surface area contributed by atoms with E-state index in [9.17, 15) is 9.59 Å². The molecule has 1 aliphatic rings. The molecule has 0 fully saturated rings. The van der Waals surface area contributed by atoms with E-state index in [-0.39, 0.29) is 11.8 Å². The van der Waals surface area contributed by atoms with E-state index >= 15 is 0 Å². The van der Waals surface area contributed by atoms with E-state index < -0.39 is 0 Å². The van der Waals surface area contributed by atoms with Crippen molar-refractivity contribution in [3.8, 4) is 5.75 Å². The van der Waals surface area contributed by atoms with Gasteiger partial charge < -0.3 is 15.0 Å². The maximum Gasteiger partial charge on any atom is 0.272 e. The molecular weight excluding hydrogens is 428 g/mol. The topological polar surface area (TPSA) is 76.5 Å². The van der Waals surface area contributed by atoms with Crippen LogP contribution in [0.15, 0.2) is 48.5 Å². The van der Waals surface area contributed by atoms with Gasteiger partial charge in [-0.15, -0.1) is 0 Å². The van der Waals surface area contributed by atoms with Crippen LogP contribution in [-0.4, -0.2) is 39.6 Å². The van der Waals surface area contributed by atoms with Crippen LogP contribution < -0.4 is 10.1 Å². The van der Waals surface area contributed by atoms with Crippen LogP contribution >= 0.6 is 11.6 Å². The van der Waals surface area contributed by atoms with E-state index in [0.29, 0.717) is 48.9 Å². The van der Waals surface area contributed by atoms with E-state index in [2.05, 4.69) is 10.4 Å². The molecule has 7 nitrogen and oxygen atoms in total. The molecule has 2 heterocycles. The Morgan fingerprint density at radius 1 is 1.12 bits per heavy atom. The van der Waals surface area contributed by atoms with Gasteiger partial charge in [0.15, 0.2) is 5.69 Å². The number of hydrogen-bond donors (Lipinski definition) is 1. The number of hydrogen-bond acceptors (Lipinski definition) is 4. The number of nitrogens with zero attached hydrogens (tertiary/aromatic N) is 3. The van der Waals surface area contributed by atoms with Gasteiger partial charge in [-0.3, -0.25) is 14.3 Å². The Morgan fingerprint density at radius 2 is 1.84 bits per heavy atom. The molecule has 0 spiro atoms. The van der Waals surface area contributed by atoms with Crippen molar-refractivity contribution in [2.75, 3.05) is 13.2 Å². The molecule has 0 saturated heterocycles. The largest absolute Gasteiger partial charge is 0.494 e. The van der Waals surface area contributed by atoms with Crippen molar-refractivity contribution < 1.29 is 14.3 Å². The minimum absolute atomic E-state index is 0.0740. The van der Waals surface area contributed by atoms with Gasteiger partial charge >= 0.3 is 0 Å². The molecule has 1 aliphatic heterocycles. The number of halogens is 1. The van der Waals surface area contributed by atoms with E-state index in [1.807, 2.05) is 26.1 Å². The molecular formula is C24H25ClN4O3. The maximum absolute atomic E-state index is 13.1. The fourth-order valence-corrected chi connectivity index (χ4v) is 3.99. The molecule has 0 aliphatic carbocycles. The smallest absolute Gasteiger partial charge is 0.272 e. The first-order chi connectivity index (χ1) is 15.5. The SMILES string of the molecule is CCOc1ccc(C(=O)N2CCc3c(c(C(=O)NCc4ccc(Cl)cc4)nn3C)C2)cc1. The second-order valence-corrected chi connectivity index (χ2v) is 8.08. The number of aryl methyl sites for hydroxylation is 1. The Labute approximate surface area is 191 Å². The number of benzene rings is 2. The lowest BCUT2D eigenvalue weighted by Gasteiger charge is -2.27. The summed E-state index contributed by atoms with van der Waals surface area (Å²) in [5.74, 6) is 0.402. The first-order valence-corrected chi connectivity index (χ1v) is 10.9. The minimum atomic E-state index is -0.257. The van der Waals surface area contributed by atoms with Gasteiger partial charge in [0, 0.05) is 48.4 Å². The second-order valence-electron chi connectivity index (χ2n) is 7.64. The zero-order valence-corrected chi connectivity index (χ0v) is 18.9. The predicted octanol–water partition coefficient (Wildman–Crippen LogP) is 3.60. The monoisotopic (exact) mass is 452 g/mol. The Kier molecular flexibility index (Phi) is 6.46. The predicted molar refractivity (Wildman–Crippen MR) is 122 cm³/mol. The highest BCUT2D eigenvalue weighted by molar-refractivity contribution is 6.30. The van der Waals surface area contributed by atoms with Crippen LogP contribution in [0.4, 0.5) is 0 Å². The van der Waals surface area contributed by atoms with Crippen LogP contribution in [0.1, 0.15) is 44.6 Å². The Hall–Kier alpha value is -3.32. The van der Waals surface area contributed by atoms with Crippen molar-refractivity contribution in [3.05, 3.63) is 81.6 Å². The molecule has 0 bridgehead atoms. The summed E-state index contributed by atoms with van der Waals surface area (Å²) < 4.78 is 7.19. The molecule has 0 saturated carbocycles. The summed E-state index contributed by atoms with van der Waals surface area (Å²) in [6.45, 7) is 3.78. The molecule has 8 heteroatoms. The summed E-state index contributed by atoms with van der Waals surface area (Å²) in [5.41, 5.74) is 3.68. The lowest BCUT2D eigenvalue weighted by atomic mass is 10.0. The minimum Gasteiger partial charge on any atom is -0.494 e. The molecule has 4 rings (SSSR count). The van der Waals surface area contributed by atoms with E-state index in [4.69, 9.17) is 16.3 Å². The summed E-state index contributed by atoms with van der Waals surface area (Å²) in [7, 11) is 1.83. The van der Waals surface area contributed by atoms with Crippen molar-refractivity contribution in [3.63, 3.8) is 0 Å². The van der Waals surface area contributed by atoms with Gasteiger partial charge in [-0.2, -0.15) is 5.10 Å². The lowest BCUT2D eigenvalue weighted by molar-refractivity contribution is 0.0730. The lowest BCUT2D eigenvalue weighted by Crippen LogP contribution is -2.37. The molecule has 0 radical (unpaired) electrons. The average Bonchev–Trinajstić information content (AvgIpc) is 3.14. The van der Waals surface area contributed by atoms with Gasteiger partial charge in [-0.05, 0) is 48.9 Å². The van der Waals surface area contributed by atoms with Gasteiger partial charge in [0.05, 0.1) is 13.2 Å². The standard InChI is InChI=1S/C24H25ClN4O3/c1-3-32-19-10-6-17(7-11-19)24(31)29-13-12-21-20(15-29)22(27-28(21)2)23(30)26-14-16-4-8-18(25)9-5-16/h4-11H,3,12-15H2,1-2H3,(H,26,30). The summed E-state index contributed by atoms with van der Waals surface area (Å²) in [6, 6.07) is 14.4. The quantitative estimate of drug-likeness (QED) is 0.620. The van der Waals surface area contributed by atoms with Gasteiger partial charge in [0.25, 0.3) is 11.8 Å². The summed E-state index contributed by atoms with van der Waals surface area (Å²) in [4.78, 5) is 27.7. The fourth-order valence-electron chi connectivity index (χ4n) is 3.86. The zero-order valence-electron chi connectivity index (χ0n) is 18.1. The normalized spacial score (nSPS) is 12.9. The van der Waals surface area contributed by atoms with Gasteiger partial charge in [-0.25, -0.2) is 0 Å². The first-order valence-electron chi connectivity index (χ1n) is 10.6. The highest BCUT2D eigenvalue weighted by atomic mass is 35.5. The highest BCUT2D eigenvalue weighted by Crippen LogP contribution is 2.24. The third-order valence-electron chi connectivity index (χ3n) is 5.52. The van der Waals surface area contributed by atoms with E-state index in [1.54, 1.807) is 46.0 Å². The highest BCUT2D eigenvalue weighted by Gasteiger charge is 2.29. The van der Waals surface area contributed by atoms with Gasteiger partial charge in [0.1, 0.15) is 5.75 Å². The van der Waals surface area contributed by atoms with Crippen LogP contribution in [-0.2, 0) is 26.6 Å². The molecule has 1 N–H and O–H groups in total. The number of fused-ring (bicyclic) bond motifs is 1. The van der Waals surface area contributed by atoms with Crippen molar-refractivity contribution >= 4 is 23.4 Å². The summed E-state index contributed by atoms with van der Waals surface area (Å²) in [6.07, 6.45) is 0.645. The van der Waals surface area contributed by atoms with Crippen molar-refractivity contribution in [1.82, 2.24) is 20.0 Å². The van der Waals surface area contributed by atoms with E-state index in [1.165, 1.54) is 0 Å². The van der Waals surface area contributed by atoms with Crippen LogP contribution in [0.5, 0.6) is 5.75 Å². The van der Waals surface area contributed by atoms with E-state index in [0.717, 1.165) is 22.6 Å². The molecule has 166 valence electrons. The number of nitrogens with one attached hydrogen (secondary N) is 1. The summed E-state index contributed by atoms with van der Waals surface area (Å²) in [5, 5.41) is 8.01. The number of rotatable bonds is 6. The Bertz CT molecular complexity index is 1120. The third kappa shape index (κ3) is 4.62. The number of aromatic nitrogens is 2. The maximum atomic E-state index is 13.1. The molecule has 0 unspecified atom stereocenters. The van der Waals surface area contributed by atoms with Crippen LogP contribution in [0.25, 0.3) is 0 Å². The Balaban J connectivity index is 1.48. The van der Waals surface area contributed by atoms with Crippen LogP contribution in [0, 0.1) is 0 Å². The molecule has 1 aromatic heterocycles. The first kappa shape index (κ1) is 21.9. The van der Waals surface area contributed by atoms with Crippen molar-refractivity contribution in [2.45, 2.75) is 26.4 Å². The van der Waals surface area contributed by atoms with Crippen molar-refractivity contribution in [2.24, 2.45) is 7.05 Å². The molecule has 3 aromatic rings. The van der Waals surface area contributed by atoms with Gasteiger partial charge in [0.2, 0.25) is 0 Å². The summed E-state index contributed by atoms with van der Waals surface area (Å²) >= 11 is 5.92. The molecule has 32 heavy (non-hydrogen) atoms. The average molecular weight is 453 g/mol. The number of carbonyl (C=O) groups excluding carboxylic acids is 2. The van der Waals surface area contributed by atoms with Crippen LogP contribution in [0.2, 0.25) is 5.02 Å². The van der Waals surface area contributed by atoms with Gasteiger partial charge in [-0.1, -0.05) is 23.7 Å². The van der Waals surface area contributed by atoms with Crippen LogP contribution in [0.3, 0.4) is 0 Å². The van der Waals surface area contributed by atoms with Crippen molar-refractivity contribution in [1.29, 1.82) is 0 Å². The number of carbonyl (C=O) groups is 2. The molecule has 0 atom stereocenters. The zero-order chi connectivity index (χ0) is 22.7. The number of ether oxygens (including phenoxy) is 1. The number of amides is 2.